The number of hydrogen-bond acceptors (Lipinski definition) is 0. The van der Waals surface area contributed by atoms with Crippen molar-refractivity contribution in [1.29, 1.82) is 0 Å². The Balaban J connectivity index is 0.00000147. The van der Waals surface area contributed by atoms with Gasteiger partial charge >= 0.3 is 128 Å². The van der Waals surface area contributed by atoms with Gasteiger partial charge in [0.05, 0.1) is 0 Å². The van der Waals surface area contributed by atoms with E-state index < -0.39 is 19.8 Å². The molecular formula is C18H34BrSn. The predicted molar refractivity (Wildman–Crippen MR) is 96.6 cm³/mol. The van der Waals surface area contributed by atoms with E-state index in [1.165, 1.54) is 11.8 Å². The predicted octanol–water partition coefficient (Wildman–Crippen LogP) is 7.06. The second-order valence-electron chi connectivity index (χ2n) is 7.50. The van der Waals surface area contributed by atoms with Crippen molar-refractivity contribution in [3.8, 4) is 0 Å². The first-order chi connectivity index (χ1) is 9.45. The number of hydrogen-bond donors (Lipinski definition) is 0. The van der Waals surface area contributed by atoms with Crippen molar-refractivity contribution in [2.45, 2.75) is 108 Å². The third kappa shape index (κ3) is 4.63. The molecular weight excluding hydrogens is 415 g/mol. The Morgan fingerprint density at radius 1 is 0.400 bits per heavy atom. The van der Waals surface area contributed by atoms with Gasteiger partial charge in [-0.05, 0) is 0 Å². The standard InChI is InChI=1S/3C6H11.BrH.Sn/c3*1-2-4-6-5-3-1;;/h3*1H,2-6H2;1H;. The molecule has 1 radical (unpaired) electrons. The summed E-state index contributed by atoms with van der Waals surface area (Å²) in [5, 5.41) is 0. The quantitative estimate of drug-likeness (QED) is 0.405. The van der Waals surface area contributed by atoms with Crippen molar-refractivity contribution in [1.82, 2.24) is 0 Å². The Morgan fingerprint density at radius 3 is 0.900 bits per heavy atom. The molecule has 0 atom stereocenters. The maximum absolute atomic E-state index is 1.67. The molecule has 0 heterocycles. The van der Waals surface area contributed by atoms with Gasteiger partial charge in [-0.1, -0.05) is 0 Å². The van der Waals surface area contributed by atoms with Gasteiger partial charge in [0.25, 0.3) is 0 Å². The van der Waals surface area contributed by atoms with E-state index in [2.05, 4.69) is 0 Å². The SMILES string of the molecule is Br.C1CC[CH]([Sn]([CH]2CCCCC2)[CH]2CCCCC2)CC1. The van der Waals surface area contributed by atoms with E-state index in [0.717, 1.165) is 0 Å². The monoisotopic (exact) mass is 449 g/mol. The Labute approximate surface area is 144 Å². The van der Waals surface area contributed by atoms with Gasteiger partial charge in [0, 0.05) is 0 Å². The molecule has 3 saturated carbocycles. The molecule has 3 fully saturated rings. The minimum atomic E-state index is -1.15. The molecule has 117 valence electrons. The van der Waals surface area contributed by atoms with Gasteiger partial charge in [-0.3, -0.25) is 0 Å². The molecule has 3 aliphatic rings. The van der Waals surface area contributed by atoms with Gasteiger partial charge in [-0.2, -0.15) is 0 Å². The van der Waals surface area contributed by atoms with Crippen LogP contribution >= 0.6 is 17.0 Å². The first kappa shape index (κ1) is 17.6. The van der Waals surface area contributed by atoms with E-state index in [4.69, 9.17) is 0 Å². The van der Waals surface area contributed by atoms with E-state index in [0.29, 0.717) is 0 Å². The summed E-state index contributed by atoms with van der Waals surface area (Å²) in [5.74, 6) is 0. The summed E-state index contributed by atoms with van der Waals surface area (Å²) in [7, 11) is 0. The van der Waals surface area contributed by atoms with Gasteiger partial charge in [0.15, 0.2) is 0 Å². The van der Waals surface area contributed by atoms with Gasteiger partial charge < -0.3 is 0 Å². The van der Waals surface area contributed by atoms with Crippen LogP contribution in [-0.4, -0.2) is 19.8 Å². The van der Waals surface area contributed by atoms with E-state index in [1.54, 1.807) is 96.3 Å². The van der Waals surface area contributed by atoms with Crippen LogP contribution < -0.4 is 0 Å². The van der Waals surface area contributed by atoms with Crippen LogP contribution in [0.15, 0.2) is 0 Å². The van der Waals surface area contributed by atoms with Crippen LogP contribution in [0.5, 0.6) is 0 Å². The Hall–Kier alpha value is 1.28. The fourth-order valence-electron chi connectivity index (χ4n) is 5.31. The zero-order valence-corrected chi connectivity index (χ0v) is 17.8. The average Bonchev–Trinajstić information content (AvgIpc) is 2.51. The molecule has 0 bridgehead atoms. The number of rotatable bonds is 3. The molecule has 0 aromatic carbocycles. The van der Waals surface area contributed by atoms with E-state index in [9.17, 15) is 0 Å². The van der Waals surface area contributed by atoms with Gasteiger partial charge in [0.2, 0.25) is 0 Å². The van der Waals surface area contributed by atoms with E-state index >= 15 is 0 Å². The maximum atomic E-state index is 1.67. The summed E-state index contributed by atoms with van der Waals surface area (Å²) in [5.41, 5.74) is 0. The zero-order valence-electron chi connectivity index (χ0n) is 13.2. The summed E-state index contributed by atoms with van der Waals surface area (Å²) in [4.78, 5) is 0. The Morgan fingerprint density at radius 2 is 0.650 bits per heavy atom. The molecule has 2 heteroatoms. The fourth-order valence-corrected chi connectivity index (χ4v) is 20.2. The van der Waals surface area contributed by atoms with E-state index in [1.807, 2.05) is 0 Å². The molecule has 20 heavy (non-hydrogen) atoms. The average molecular weight is 449 g/mol. The third-order valence-electron chi connectivity index (χ3n) is 6.23. The minimum absolute atomic E-state index is 0. The molecule has 0 aliphatic heterocycles. The summed E-state index contributed by atoms with van der Waals surface area (Å²) in [6.07, 6.45) is 24.2. The van der Waals surface area contributed by atoms with Crippen LogP contribution in [0.2, 0.25) is 11.8 Å². The van der Waals surface area contributed by atoms with Crippen molar-refractivity contribution in [2.24, 2.45) is 0 Å². The summed E-state index contributed by atoms with van der Waals surface area (Å²) >= 11 is -1.15. The van der Waals surface area contributed by atoms with Crippen molar-refractivity contribution >= 4 is 36.7 Å². The Kier molecular flexibility index (Phi) is 8.31. The molecule has 0 unspecified atom stereocenters. The van der Waals surface area contributed by atoms with Crippen LogP contribution in [0.4, 0.5) is 0 Å². The topological polar surface area (TPSA) is 0 Å². The summed E-state index contributed by atoms with van der Waals surface area (Å²) < 4.78 is 3.96. The van der Waals surface area contributed by atoms with Crippen molar-refractivity contribution in [2.75, 3.05) is 0 Å². The molecule has 0 N–H and O–H groups in total. The van der Waals surface area contributed by atoms with Crippen LogP contribution in [0, 0.1) is 0 Å². The van der Waals surface area contributed by atoms with Gasteiger partial charge in [0.1, 0.15) is 0 Å². The second kappa shape index (κ2) is 9.42. The van der Waals surface area contributed by atoms with Crippen LogP contribution in [0.25, 0.3) is 0 Å². The van der Waals surface area contributed by atoms with Crippen molar-refractivity contribution in [3.63, 3.8) is 0 Å². The summed E-state index contributed by atoms with van der Waals surface area (Å²) in [6.45, 7) is 0. The fraction of sp³-hybridized carbons (Fsp3) is 1.00. The number of halogens is 1. The Bertz CT molecular complexity index is 207. The molecule has 0 aromatic heterocycles. The van der Waals surface area contributed by atoms with E-state index in [-0.39, 0.29) is 17.0 Å². The molecule has 3 rings (SSSR count). The molecule has 0 nitrogen and oxygen atoms in total. The first-order valence-corrected chi connectivity index (χ1v) is 14.3. The summed E-state index contributed by atoms with van der Waals surface area (Å²) in [6, 6.07) is 0. The van der Waals surface area contributed by atoms with Crippen LogP contribution in [0.1, 0.15) is 96.3 Å². The van der Waals surface area contributed by atoms with Crippen LogP contribution in [-0.2, 0) is 0 Å². The molecule has 3 aliphatic carbocycles. The van der Waals surface area contributed by atoms with Crippen molar-refractivity contribution < 1.29 is 0 Å². The second-order valence-corrected chi connectivity index (χ2v) is 17.3. The third-order valence-corrected chi connectivity index (χ3v) is 19.2. The van der Waals surface area contributed by atoms with Gasteiger partial charge in [-0.25, -0.2) is 0 Å². The molecule has 0 spiro atoms. The first-order valence-electron chi connectivity index (χ1n) is 9.32. The van der Waals surface area contributed by atoms with Crippen LogP contribution in [0.3, 0.4) is 0 Å². The van der Waals surface area contributed by atoms with Gasteiger partial charge in [-0.15, -0.1) is 17.0 Å². The molecule has 0 saturated heterocycles. The molecule has 0 amide bonds. The van der Waals surface area contributed by atoms with Crippen molar-refractivity contribution in [3.05, 3.63) is 0 Å². The normalized spacial score (nSPS) is 27.4. The molecule has 0 aromatic rings. The zero-order chi connectivity index (χ0) is 12.9.